The summed E-state index contributed by atoms with van der Waals surface area (Å²) in [5, 5.41) is 18.1. The van der Waals surface area contributed by atoms with E-state index >= 15 is 0 Å². The lowest BCUT2D eigenvalue weighted by molar-refractivity contribution is -0.144. The Morgan fingerprint density at radius 2 is 1.86 bits per heavy atom. The van der Waals surface area contributed by atoms with E-state index in [2.05, 4.69) is 0 Å². The summed E-state index contributed by atoms with van der Waals surface area (Å²) in [7, 11) is 1.78. The number of carboxylic acid groups (broad SMARTS) is 1. The molecule has 0 radical (unpaired) electrons. The molecule has 0 amide bonds. The van der Waals surface area contributed by atoms with Crippen LogP contribution in [-0.2, 0) is 4.79 Å². The molecule has 0 aliphatic heterocycles. The van der Waals surface area contributed by atoms with E-state index in [1.807, 2.05) is 13.8 Å². The molecule has 0 aliphatic rings. The molecule has 2 atom stereocenters. The molecular weight excluding hydrogens is 182 g/mol. The van der Waals surface area contributed by atoms with E-state index in [-0.39, 0.29) is 12.0 Å². The molecule has 0 heterocycles. The largest absolute Gasteiger partial charge is 0.480 e. The molecule has 0 saturated heterocycles. The first kappa shape index (κ1) is 13.4. The number of likely N-dealkylation sites (N-methyl/N-ethyl adjacent to an activating group) is 1. The molecule has 0 spiro atoms. The van der Waals surface area contributed by atoms with Crippen molar-refractivity contribution in [1.29, 1.82) is 0 Å². The van der Waals surface area contributed by atoms with Gasteiger partial charge in [-0.15, -0.1) is 0 Å². The zero-order valence-electron chi connectivity index (χ0n) is 9.40. The highest BCUT2D eigenvalue weighted by Gasteiger charge is 2.25. The molecular formula is C10H21NO3. The van der Waals surface area contributed by atoms with Crippen LogP contribution in [0.2, 0.25) is 0 Å². The van der Waals surface area contributed by atoms with Crippen molar-refractivity contribution in [2.45, 2.75) is 39.3 Å². The third-order valence-corrected chi connectivity index (χ3v) is 2.26. The zero-order chi connectivity index (χ0) is 11.3. The summed E-state index contributed by atoms with van der Waals surface area (Å²) >= 11 is 0. The Bertz CT molecular complexity index is 180. The molecule has 0 aromatic rings. The molecule has 0 saturated carbocycles. The van der Waals surface area contributed by atoms with Crippen LogP contribution in [0.15, 0.2) is 0 Å². The van der Waals surface area contributed by atoms with Crippen molar-refractivity contribution in [1.82, 2.24) is 4.90 Å². The van der Waals surface area contributed by atoms with Crippen LogP contribution >= 0.6 is 0 Å². The lowest BCUT2D eigenvalue weighted by atomic mass is 10.0. The Morgan fingerprint density at radius 1 is 1.36 bits per heavy atom. The molecule has 2 N–H and O–H groups in total. The topological polar surface area (TPSA) is 60.8 Å². The van der Waals surface area contributed by atoms with Crippen LogP contribution in [0, 0.1) is 5.92 Å². The molecule has 4 heteroatoms. The van der Waals surface area contributed by atoms with Gasteiger partial charge in [0.1, 0.15) is 6.04 Å². The van der Waals surface area contributed by atoms with Crippen LogP contribution in [0.1, 0.15) is 27.2 Å². The van der Waals surface area contributed by atoms with Crippen LogP contribution in [-0.4, -0.2) is 46.8 Å². The average molecular weight is 203 g/mol. The number of carboxylic acids is 1. The summed E-state index contributed by atoms with van der Waals surface area (Å²) < 4.78 is 0. The minimum Gasteiger partial charge on any atom is -0.480 e. The van der Waals surface area contributed by atoms with Crippen molar-refractivity contribution in [3.05, 3.63) is 0 Å². The van der Waals surface area contributed by atoms with Crippen LogP contribution < -0.4 is 0 Å². The maximum Gasteiger partial charge on any atom is 0.321 e. The molecule has 84 valence electrons. The normalized spacial score (nSPS) is 15.9. The van der Waals surface area contributed by atoms with Crippen molar-refractivity contribution in [2.24, 2.45) is 5.92 Å². The summed E-state index contributed by atoms with van der Waals surface area (Å²) in [6.07, 6.45) is 0.228. The van der Waals surface area contributed by atoms with Crippen molar-refractivity contribution >= 4 is 5.97 Å². The van der Waals surface area contributed by atoms with Crippen LogP contribution in [0.5, 0.6) is 0 Å². The van der Waals surface area contributed by atoms with Gasteiger partial charge in [0.05, 0.1) is 6.10 Å². The van der Waals surface area contributed by atoms with Gasteiger partial charge >= 0.3 is 5.97 Å². The first-order chi connectivity index (χ1) is 6.36. The quantitative estimate of drug-likeness (QED) is 0.670. The number of aliphatic carboxylic acids is 1. The van der Waals surface area contributed by atoms with Crippen molar-refractivity contribution < 1.29 is 15.0 Å². The van der Waals surface area contributed by atoms with Gasteiger partial charge in [-0.05, 0) is 26.3 Å². The average Bonchev–Trinajstić information content (AvgIpc) is 1.99. The van der Waals surface area contributed by atoms with E-state index in [4.69, 9.17) is 10.2 Å². The van der Waals surface area contributed by atoms with Gasteiger partial charge in [-0.1, -0.05) is 13.8 Å². The second-order valence-electron chi connectivity index (χ2n) is 4.15. The fourth-order valence-corrected chi connectivity index (χ4v) is 1.51. The van der Waals surface area contributed by atoms with E-state index in [1.165, 1.54) is 0 Å². The van der Waals surface area contributed by atoms with E-state index in [9.17, 15) is 4.79 Å². The second kappa shape index (κ2) is 5.98. The third-order valence-electron chi connectivity index (χ3n) is 2.26. The predicted molar refractivity (Wildman–Crippen MR) is 55.2 cm³/mol. The van der Waals surface area contributed by atoms with Crippen molar-refractivity contribution in [3.63, 3.8) is 0 Å². The SMILES string of the molecule is CC(O)CCN(C)C(C(=O)O)C(C)C. The number of hydrogen-bond acceptors (Lipinski definition) is 3. The van der Waals surface area contributed by atoms with Crippen LogP contribution in [0.4, 0.5) is 0 Å². The lowest BCUT2D eigenvalue weighted by Gasteiger charge is -2.27. The van der Waals surface area contributed by atoms with E-state index in [1.54, 1.807) is 18.9 Å². The molecule has 0 bridgehead atoms. The minimum absolute atomic E-state index is 0.0755. The van der Waals surface area contributed by atoms with E-state index in [0.717, 1.165) is 0 Å². The summed E-state index contributed by atoms with van der Waals surface area (Å²) in [4.78, 5) is 12.7. The highest BCUT2D eigenvalue weighted by Crippen LogP contribution is 2.10. The first-order valence-corrected chi connectivity index (χ1v) is 4.97. The standard InChI is InChI=1S/C10H21NO3/c1-7(2)9(10(13)14)11(4)6-5-8(3)12/h7-9,12H,5-6H2,1-4H3,(H,13,14). The molecule has 0 fully saturated rings. The Balaban J connectivity index is 4.16. The highest BCUT2D eigenvalue weighted by molar-refractivity contribution is 5.73. The third kappa shape index (κ3) is 4.58. The molecule has 14 heavy (non-hydrogen) atoms. The molecule has 0 aliphatic carbocycles. The summed E-state index contributed by atoms with van der Waals surface area (Å²) in [6.45, 7) is 6.08. The van der Waals surface area contributed by atoms with Crippen LogP contribution in [0.25, 0.3) is 0 Å². The van der Waals surface area contributed by atoms with Gasteiger partial charge < -0.3 is 10.2 Å². The van der Waals surface area contributed by atoms with Gasteiger partial charge in [-0.25, -0.2) is 0 Å². The highest BCUT2D eigenvalue weighted by atomic mass is 16.4. The van der Waals surface area contributed by atoms with Gasteiger partial charge in [0.15, 0.2) is 0 Å². The maximum atomic E-state index is 10.9. The Kier molecular flexibility index (Phi) is 5.72. The fourth-order valence-electron chi connectivity index (χ4n) is 1.51. The van der Waals surface area contributed by atoms with Crippen LogP contribution in [0.3, 0.4) is 0 Å². The molecule has 0 aromatic carbocycles. The van der Waals surface area contributed by atoms with Gasteiger partial charge in [0.2, 0.25) is 0 Å². The Labute approximate surface area is 85.5 Å². The summed E-state index contributed by atoms with van der Waals surface area (Å²) in [5.41, 5.74) is 0. The number of nitrogens with zero attached hydrogens (tertiary/aromatic N) is 1. The van der Waals surface area contributed by atoms with E-state index < -0.39 is 12.0 Å². The molecule has 2 unspecified atom stereocenters. The number of aliphatic hydroxyl groups is 1. The van der Waals surface area contributed by atoms with Gasteiger partial charge in [-0.2, -0.15) is 0 Å². The Morgan fingerprint density at radius 3 is 2.14 bits per heavy atom. The number of hydrogen-bond donors (Lipinski definition) is 2. The van der Waals surface area contributed by atoms with Crippen molar-refractivity contribution in [3.8, 4) is 0 Å². The molecule has 0 aromatic heterocycles. The zero-order valence-corrected chi connectivity index (χ0v) is 9.40. The maximum absolute atomic E-state index is 10.9. The van der Waals surface area contributed by atoms with Crippen molar-refractivity contribution in [2.75, 3.05) is 13.6 Å². The fraction of sp³-hybridized carbons (Fsp3) is 0.900. The summed E-state index contributed by atoms with van der Waals surface area (Å²) in [6, 6.07) is -0.464. The minimum atomic E-state index is -0.798. The van der Waals surface area contributed by atoms with Gasteiger partial charge in [0.25, 0.3) is 0 Å². The number of rotatable bonds is 6. The molecule has 4 nitrogen and oxygen atoms in total. The van der Waals surface area contributed by atoms with Gasteiger partial charge in [-0.3, -0.25) is 9.69 Å². The number of carbonyl (C=O) groups is 1. The number of aliphatic hydroxyl groups excluding tert-OH is 1. The molecule has 0 rings (SSSR count). The summed E-state index contributed by atoms with van der Waals surface area (Å²) in [5.74, 6) is -0.723. The van der Waals surface area contributed by atoms with E-state index in [0.29, 0.717) is 13.0 Å². The second-order valence-corrected chi connectivity index (χ2v) is 4.15. The lowest BCUT2D eigenvalue weighted by Crippen LogP contribution is -2.43. The monoisotopic (exact) mass is 203 g/mol. The predicted octanol–water partition coefficient (Wildman–Crippen LogP) is 0.798. The smallest absolute Gasteiger partial charge is 0.321 e. The first-order valence-electron chi connectivity index (χ1n) is 4.97. The van der Waals surface area contributed by atoms with Gasteiger partial charge in [0, 0.05) is 6.54 Å². The Hall–Kier alpha value is -0.610.